The Bertz CT molecular complexity index is 3200. The first-order chi connectivity index (χ1) is 27.3. The van der Waals surface area contributed by atoms with Gasteiger partial charge in [-0.1, -0.05) is 152 Å². The molecule has 258 valence electrons. The number of fused-ring (bicyclic) bond motifs is 7. The van der Waals surface area contributed by atoms with Gasteiger partial charge in [-0.05, 0) is 81.6 Å². The summed E-state index contributed by atoms with van der Waals surface area (Å²) in [6.07, 6.45) is 0. The van der Waals surface area contributed by atoms with Crippen molar-refractivity contribution in [3.05, 3.63) is 200 Å². The summed E-state index contributed by atoms with van der Waals surface area (Å²) in [7, 11) is 0. The van der Waals surface area contributed by atoms with Crippen molar-refractivity contribution in [2.45, 2.75) is 0 Å². The van der Waals surface area contributed by atoms with Gasteiger partial charge in [0.05, 0.1) is 11.1 Å². The first-order valence-corrected chi connectivity index (χ1v) is 18.7. The van der Waals surface area contributed by atoms with Crippen LogP contribution in [-0.2, 0) is 0 Å². The highest BCUT2D eigenvalue weighted by Gasteiger charge is 2.24. The van der Waals surface area contributed by atoms with Crippen LogP contribution in [-0.4, -0.2) is 0 Å². The van der Waals surface area contributed by atoms with Crippen LogP contribution in [0.5, 0.6) is 0 Å². The molecule has 2 aromatic heterocycles. The Morgan fingerprint density at radius 2 is 0.836 bits per heavy atom. The first kappa shape index (κ1) is 31.2. The SMILES string of the molecule is c1ccc(N(c2ccc(-c3cccc4ccccc34)cc2)c2ccc(-c3ccccc3-c3cccc4c3oc3ccccc34)c3oc4ccccc4c23)cc1. The van der Waals surface area contributed by atoms with Crippen LogP contribution < -0.4 is 4.90 Å². The van der Waals surface area contributed by atoms with E-state index in [0.717, 1.165) is 83.2 Å². The summed E-state index contributed by atoms with van der Waals surface area (Å²) in [6.45, 7) is 0. The van der Waals surface area contributed by atoms with Gasteiger partial charge < -0.3 is 13.7 Å². The van der Waals surface area contributed by atoms with E-state index < -0.39 is 0 Å². The predicted molar refractivity (Wildman–Crippen MR) is 229 cm³/mol. The highest BCUT2D eigenvalue weighted by molar-refractivity contribution is 6.18. The average Bonchev–Trinajstić information content (AvgIpc) is 3.84. The lowest BCUT2D eigenvalue weighted by atomic mass is 9.92. The normalized spacial score (nSPS) is 11.6. The molecule has 3 heteroatoms. The van der Waals surface area contributed by atoms with Crippen LogP contribution in [0.2, 0.25) is 0 Å². The van der Waals surface area contributed by atoms with Gasteiger partial charge in [0, 0.05) is 38.7 Å². The maximum Gasteiger partial charge on any atom is 0.145 e. The van der Waals surface area contributed by atoms with Crippen molar-refractivity contribution in [2.24, 2.45) is 0 Å². The molecule has 0 aliphatic heterocycles. The molecule has 0 aliphatic carbocycles. The lowest BCUT2D eigenvalue weighted by Gasteiger charge is -2.27. The van der Waals surface area contributed by atoms with Gasteiger partial charge in [-0.25, -0.2) is 0 Å². The number of hydrogen-bond donors (Lipinski definition) is 0. The first-order valence-electron chi connectivity index (χ1n) is 18.7. The summed E-state index contributed by atoms with van der Waals surface area (Å²) in [5.74, 6) is 0. The zero-order chi connectivity index (χ0) is 36.3. The summed E-state index contributed by atoms with van der Waals surface area (Å²) in [6, 6.07) is 70.8. The minimum atomic E-state index is 0.844. The fourth-order valence-corrected chi connectivity index (χ4v) is 8.39. The van der Waals surface area contributed by atoms with E-state index in [-0.39, 0.29) is 0 Å². The van der Waals surface area contributed by atoms with E-state index in [1.807, 2.05) is 18.2 Å². The molecule has 0 radical (unpaired) electrons. The third kappa shape index (κ3) is 5.05. The molecule has 11 rings (SSSR count). The molecule has 0 amide bonds. The van der Waals surface area contributed by atoms with Gasteiger partial charge in [0.15, 0.2) is 0 Å². The van der Waals surface area contributed by atoms with Crippen LogP contribution in [0.3, 0.4) is 0 Å². The molecule has 0 fully saturated rings. The van der Waals surface area contributed by atoms with Gasteiger partial charge in [-0.3, -0.25) is 0 Å². The summed E-state index contributed by atoms with van der Waals surface area (Å²) >= 11 is 0. The molecule has 3 nitrogen and oxygen atoms in total. The van der Waals surface area contributed by atoms with Gasteiger partial charge in [-0.15, -0.1) is 0 Å². The second-order valence-corrected chi connectivity index (χ2v) is 14.0. The van der Waals surface area contributed by atoms with Crippen LogP contribution in [0.4, 0.5) is 17.1 Å². The summed E-state index contributed by atoms with van der Waals surface area (Å²) in [5, 5.41) is 6.84. The van der Waals surface area contributed by atoms with E-state index in [9.17, 15) is 0 Å². The monoisotopic (exact) mass is 703 g/mol. The number of anilines is 3. The molecule has 9 aromatic carbocycles. The number of hydrogen-bond acceptors (Lipinski definition) is 3. The Kier molecular flexibility index (Phi) is 7.17. The standard InChI is InChI=1S/C52H33NO2/c1-2-16-36(17-3-1)53(37-30-28-35(29-31-37)39-23-12-15-34-14-4-5-18-38(34)39)47-33-32-45(52-50(47)46-22-9-11-27-49(46)55-52)41-20-7-6-19-40(41)43-24-13-25-44-42-21-8-10-26-48(42)54-51(43)44/h1-33H. The lowest BCUT2D eigenvalue weighted by Crippen LogP contribution is -2.10. The van der Waals surface area contributed by atoms with Crippen molar-refractivity contribution in [2.75, 3.05) is 4.90 Å². The van der Waals surface area contributed by atoms with E-state index in [2.05, 4.69) is 187 Å². The number of benzene rings is 9. The smallest absolute Gasteiger partial charge is 0.145 e. The molecule has 0 spiro atoms. The Labute approximate surface area is 317 Å². The minimum Gasteiger partial charge on any atom is -0.455 e. The Hall–Kier alpha value is -7.36. The van der Waals surface area contributed by atoms with Crippen molar-refractivity contribution in [1.29, 1.82) is 0 Å². The molecule has 55 heavy (non-hydrogen) atoms. The van der Waals surface area contributed by atoms with E-state index in [0.29, 0.717) is 0 Å². The van der Waals surface area contributed by atoms with Crippen LogP contribution in [0.1, 0.15) is 0 Å². The molecule has 0 bridgehead atoms. The van der Waals surface area contributed by atoms with Crippen molar-refractivity contribution in [1.82, 2.24) is 0 Å². The second kappa shape index (κ2) is 12.6. The minimum absolute atomic E-state index is 0.844. The Morgan fingerprint density at radius 3 is 1.64 bits per heavy atom. The second-order valence-electron chi connectivity index (χ2n) is 14.0. The largest absolute Gasteiger partial charge is 0.455 e. The molecule has 0 aliphatic rings. The number of nitrogens with zero attached hydrogens (tertiary/aromatic N) is 1. The predicted octanol–water partition coefficient (Wildman–Crippen LogP) is 15.1. The summed E-state index contributed by atoms with van der Waals surface area (Å²) < 4.78 is 13.4. The molecular formula is C52H33NO2. The summed E-state index contributed by atoms with van der Waals surface area (Å²) in [5.41, 5.74) is 13.3. The molecular weight excluding hydrogens is 671 g/mol. The molecule has 0 atom stereocenters. The molecule has 11 aromatic rings. The molecule has 0 saturated heterocycles. The Balaban J connectivity index is 1.12. The van der Waals surface area contributed by atoms with Crippen LogP contribution in [0, 0.1) is 0 Å². The molecule has 0 saturated carbocycles. The number of furan rings is 2. The highest BCUT2D eigenvalue weighted by Crippen LogP contribution is 2.48. The van der Waals surface area contributed by atoms with Gasteiger partial charge in [0.1, 0.15) is 22.3 Å². The van der Waals surface area contributed by atoms with Crippen molar-refractivity contribution < 1.29 is 8.83 Å². The van der Waals surface area contributed by atoms with E-state index >= 15 is 0 Å². The van der Waals surface area contributed by atoms with Gasteiger partial charge in [-0.2, -0.15) is 0 Å². The van der Waals surface area contributed by atoms with Crippen molar-refractivity contribution in [3.8, 4) is 33.4 Å². The van der Waals surface area contributed by atoms with Crippen molar-refractivity contribution >= 4 is 71.7 Å². The van der Waals surface area contributed by atoms with E-state index in [1.54, 1.807) is 0 Å². The number of para-hydroxylation sites is 4. The maximum atomic E-state index is 6.89. The van der Waals surface area contributed by atoms with Gasteiger partial charge >= 0.3 is 0 Å². The topological polar surface area (TPSA) is 29.5 Å². The average molecular weight is 704 g/mol. The Morgan fingerprint density at radius 1 is 0.309 bits per heavy atom. The third-order valence-electron chi connectivity index (χ3n) is 10.9. The van der Waals surface area contributed by atoms with Gasteiger partial charge in [0.25, 0.3) is 0 Å². The third-order valence-corrected chi connectivity index (χ3v) is 10.9. The fraction of sp³-hybridized carbons (Fsp3) is 0. The zero-order valence-electron chi connectivity index (χ0n) is 29.8. The fourth-order valence-electron chi connectivity index (χ4n) is 8.39. The quantitative estimate of drug-likeness (QED) is 0.173. The molecule has 0 unspecified atom stereocenters. The van der Waals surface area contributed by atoms with E-state index in [4.69, 9.17) is 8.83 Å². The van der Waals surface area contributed by atoms with Crippen LogP contribution in [0.15, 0.2) is 209 Å². The summed E-state index contributed by atoms with van der Waals surface area (Å²) in [4.78, 5) is 2.35. The zero-order valence-corrected chi connectivity index (χ0v) is 29.8. The highest BCUT2D eigenvalue weighted by atomic mass is 16.3. The lowest BCUT2D eigenvalue weighted by molar-refractivity contribution is 0.669. The van der Waals surface area contributed by atoms with Crippen LogP contribution >= 0.6 is 0 Å². The number of rotatable bonds is 6. The van der Waals surface area contributed by atoms with Crippen LogP contribution in [0.25, 0.3) is 88.0 Å². The van der Waals surface area contributed by atoms with Crippen molar-refractivity contribution in [3.63, 3.8) is 0 Å². The molecule has 2 heterocycles. The maximum absolute atomic E-state index is 6.89. The molecule has 0 N–H and O–H groups in total. The van der Waals surface area contributed by atoms with Gasteiger partial charge in [0.2, 0.25) is 0 Å². The van der Waals surface area contributed by atoms with E-state index in [1.165, 1.54) is 21.9 Å².